The topological polar surface area (TPSA) is 48.0 Å². The Kier molecular flexibility index (Phi) is 4.24. The van der Waals surface area contributed by atoms with Gasteiger partial charge in [0, 0.05) is 16.1 Å². The lowest BCUT2D eigenvalue weighted by Gasteiger charge is -2.26. The van der Waals surface area contributed by atoms with Crippen LogP contribution in [0.3, 0.4) is 0 Å². The molecule has 1 fully saturated rings. The predicted octanol–water partition coefficient (Wildman–Crippen LogP) is 3.51. The molecule has 2 atom stereocenters. The lowest BCUT2D eigenvalue weighted by Crippen LogP contribution is -2.30. The predicted molar refractivity (Wildman–Crippen MR) is 87.4 cm³/mol. The maximum atomic E-state index is 12.2. The van der Waals surface area contributed by atoms with E-state index < -0.39 is 5.97 Å². The van der Waals surface area contributed by atoms with Crippen LogP contribution in [-0.2, 0) is 14.2 Å². The van der Waals surface area contributed by atoms with E-state index >= 15 is 0 Å². The average molecular weight is 346 g/mol. The number of ether oxygens (including phenoxy) is 3. The first-order valence-corrected chi connectivity index (χ1v) is 8.12. The van der Waals surface area contributed by atoms with Crippen LogP contribution < -0.4 is 0 Å². The molecule has 5 nitrogen and oxygen atoms in total. The zero-order chi connectivity index (χ0) is 16.5. The van der Waals surface area contributed by atoms with Crippen LogP contribution in [0.2, 0.25) is 5.02 Å². The first-order chi connectivity index (χ1) is 11.7. The van der Waals surface area contributed by atoms with Gasteiger partial charge < -0.3 is 14.2 Å². The average Bonchev–Trinajstić information content (AvgIpc) is 2.74. The van der Waals surface area contributed by atoms with Crippen molar-refractivity contribution < 1.29 is 19.0 Å². The minimum Gasteiger partial charge on any atom is -0.446 e. The molecule has 0 saturated carbocycles. The third-order valence-electron chi connectivity index (χ3n) is 4.19. The highest BCUT2D eigenvalue weighted by molar-refractivity contribution is 6.30. The van der Waals surface area contributed by atoms with Crippen molar-refractivity contribution in [3.8, 4) is 0 Å². The summed E-state index contributed by atoms with van der Waals surface area (Å²) in [5.74, 6) is -0.403. The summed E-state index contributed by atoms with van der Waals surface area (Å²) < 4.78 is 17.2. The van der Waals surface area contributed by atoms with E-state index in [-0.39, 0.29) is 19.2 Å². The Bertz CT molecular complexity index is 716. The SMILES string of the molecule is O=C(OCN1C2OCCOC1c1ccccc12)c1ccc(Cl)cc1. The highest BCUT2D eigenvalue weighted by atomic mass is 35.5. The van der Waals surface area contributed by atoms with Crippen LogP contribution in [-0.4, -0.2) is 30.8 Å². The number of esters is 1. The second kappa shape index (κ2) is 6.53. The molecule has 2 aliphatic heterocycles. The van der Waals surface area contributed by atoms with Gasteiger partial charge >= 0.3 is 5.97 Å². The van der Waals surface area contributed by atoms with Gasteiger partial charge in [-0.3, -0.25) is 0 Å². The smallest absolute Gasteiger partial charge is 0.339 e. The summed E-state index contributed by atoms with van der Waals surface area (Å²) in [6.45, 7) is 1.11. The number of rotatable bonds is 3. The van der Waals surface area contributed by atoms with Gasteiger partial charge in [0.2, 0.25) is 0 Å². The van der Waals surface area contributed by atoms with Crippen LogP contribution in [0, 0.1) is 0 Å². The molecule has 0 amide bonds. The van der Waals surface area contributed by atoms with Gasteiger partial charge in [-0.2, -0.15) is 0 Å². The highest BCUT2D eigenvalue weighted by Gasteiger charge is 2.42. The van der Waals surface area contributed by atoms with Gasteiger partial charge in [0.1, 0.15) is 19.2 Å². The Balaban J connectivity index is 1.50. The third-order valence-corrected chi connectivity index (χ3v) is 4.44. The largest absolute Gasteiger partial charge is 0.446 e. The molecule has 2 aliphatic rings. The van der Waals surface area contributed by atoms with E-state index in [1.54, 1.807) is 24.3 Å². The lowest BCUT2D eigenvalue weighted by atomic mass is 10.1. The third kappa shape index (κ3) is 2.80. The van der Waals surface area contributed by atoms with Gasteiger partial charge in [-0.25, -0.2) is 9.69 Å². The standard InChI is InChI=1S/C18H16ClNO4/c19-13-7-5-12(6-8-13)18(21)24-11-20-16-14-3-1-2-4-15(14)17(20)23-10-9-22-16/h1-8,16-17H,9-11H2. The van der Waals surface area contributed by atoms with E-state index in [0.717, 1.165) is 11.1 Å². The number of halogens is 1. The Morgan fingerprint density at radius 3 is 2.21 bits per heavy atom. The number of carbonyl (C=O) groups is 1. The first-order valence-electron chi connectivity index (χ1n) is 7.74. The van der Waals surface area contributed by atoms with E-state index in [9.17, 15) is 4.79 Å². The second-order valence-corrected chi connectivity index (χ2v) is 6.09. The molecule has 0 radical (unpaired) electrons. The van der Waals surface area contributed by atoms with Crippen molar-refractivity contribution >= 4 is 17.6 Å². The summed E-state index contributed by atoms with van der Waals surface area (Å²) in [6, 6.07) is 14.6. The zero-order valence-electron chi connectivity index (χ0n) is 12.9. The molecule has 0 N–H and O–H groups in total. The maximum absolute atomic E-state index is 12.2. The van der Waals surface area contributed by atoms with E-state index in [0.29, 0.717) is 23.8 Å². The molecule has 2 heterocycles. The molecular weight excluding hydrogens is 330 g/mol. The molecule has 4 rings (SSSR count). The van der Waals surface area contributed by atoms with Crippen LogP contribution in [0.4, 0.5) is 0 Å². The number of hydrogen-bond donors (Lipinski definition) is 0. The summed E-state index contributed by atoms with van der Waals surface area (Å²) in [5, 5.41) is 0.578. The minimum atomic E-state index is -0.403. The van der Waals surface area contributed by atoms with E-state index in [1.165, 1.54) is 0 Å². The molecule has 24 heavy (non-hydrogen) atoms. The normalized spacial score (nSPS) is 22.7. The van der Waals surface area contributed by atoms with Gasteiger partial charge in [-0.1, -0.05) is 35.9 Å². The van der Waals surface area contributed by atoms with Crippen molar-refractivity contribution in [1.82, 2.24) is 4.90 Å². The summed E-state index contributed by atoms with van der Waals surface area (Å²) in [7, 11) is 0. The quantitative estimate of drug-likeness (QED) is 0.797. The molecule has 6 heteroatoms. The maximum Gasteiger partial charge on any atom is 0.339 e. The highest BCUT2D eigenvalue weighted by Crippen LogP contribution is 2.44. The fourth-order valence-electron chi connectivity index (χ4n) is 3.07. The van der Waals surface area contributed by atoms with E-state index in [4.69, 9.17) is 25.8 Å². The van der Waals surface area contributed by atoms with E-state index in [1.807, 2.05) is 29.2 Å². The van der Waals surface area contributed by atoms with E-state index in [2.05, 4.69) is 0 Å². The van der Waals surface area contributed by atoms with Crippen molar-refractivity contribution in [1.29, 1.82) is 0 Å². The molecular formula is C18H16ClNO4. The summed E-state index contributed by atoms with van der Waals surface area (Å²) >= 11 is 5.84. The molecule has 2 unspecified atom stereocenters. The summed E-state index contributed by atoms with van der Waals surface area (Å²) in [4.78, 5) is 14.1. The Labute approximate surface area is 144 Å². The van der Waals surface area contributed by atoms with Gasteiger partial charge in [-0.05, 0) is 24.3 Å². The van der Waals surface area contributed by atoms with Gasteiger partial charge in [0.25, 0.3) is 0 Å². The minimum absolute atomic E-state index is 0.0888. The monoisotopic (exact) mass is 345 g/mol. The fraction of sp³-hybridized carbons (Fsp3) is 0.278. The van der Waals surface area contributed by atoms with Crippen molar-refractivity contribution in [2.24, 2.45) is 0 Å². The van der Waals surface area contributed by atoms with Crippen LogP contribution in [0.25, 0.3) is 0 Å². The zero-order valence-corrected chi connectivity index (χ0v) is 13.6. The molecule has 124 valence electrons. The van der Waals surface area contributed by atoms with Gasteiger partial charge in [-0.15, -0.1) is 0 Å². The number of fused-ring (bicyclic) bond motifs is 5. The molecule has 1 saturated heterocycles. The second-order valence-electron chi connectivity index (χ2n) is 5.66. The molecule has 2 bridgehead atoms. The Hall–Kier alpha value is -1.92. The Morgan fingerprint density at radius 1 is 1.04 bits per heavy atom. The molecule has 2 aromatic rings. The number of nitrogens with zero attached hydrogens (tertiary/aromatic N) is 1. The van der Waals surface area contributed by atoms with Crippen LogP contribution in [0.1, 0.15) is 33.9 Å². The number of hydrogen-bond acceptors (Lipinski definition) is 5. The van der Waals surface area contributed by atoms with Crippen molar-refractivity contribution in [3.05, 3.63) is 70.2 Å². The molecule has 0 aromatic heterocycles. The number of benzene rings is 2. The van der Waals surface area contributed by atoms with Crippen LogP contribution in [0.5, 0.6) is 0 Å². The van der Waals surface area contributed by atoms with Gasteiger partial charge in [0.05, 0.1) is 18.8 Å². The lowest BCUT2D eigenvalue weighted by molar-refractivity contribution is -0.125. The summed E-state index contributed by atoms with van der Waals surface area (Å²) in [6.07, 6.45) is -0.515. The van der Waals surface area contributed by atoms with Crippen molar-refractivity contribution in [3.63, 3.8) is 0 Å². The summed E-state index contributed by atoms with van der Waals surface area (Å²) in [5.41, 5.74) is 2.58. The Morgan fingerprint density at radius 2 is 1.62 bits per heavy atom. The van der Waals surface area contributed by atoms with Crippen LogP contribution in [0.15, 0.2) is 48.5 Å². The van der Waals surface area contributed by atoms with Crippen molar-refractivity contribution in [2.45, 2.75) is 12.5 Å². The molecule has 0 spiro atoms. The molecule has 2 aromatic carbocycles. The van der Waals surface area contributed by atoms with Gasteiger partial charge in [0.15, 0.2) is 0 Å². The number of carbonyl (C=O) groups excluding carboxylic acids is 1. The fourth-order valence-corrected chi connectivity index (χ4v) is 3.20. The molecule has 0 aliphatic carbocycles. The van der Waals surface area contributed by atoms with Crippen molar-refractivity contribution in [2.75, 3.05) is 19.9 Å². The first kappa shape index (κ1) is 15.6. The van der Waals surface area contributed by atoms with Crippen LogP contribution >= 0.6 is 11.6 Å².